The molecule has 0 bridgehead atoms. The van der Waals surface area contributed by atoms with Gasteiger partial charge in [0.2, 0.25) is 0 Å². The second-order valence-electron chi connectivity index (χ2n) is 6.99. The first-order valence-corrected chi connectivity index (χ1v) is 10.4. The lowest BCUT2D eigenvalue weighted by molar-refractivity contribution is 0.376. The number of guanidine groups is 1. The molecule has 1 aromatic rings. The fraction of sp³-hybridized carbons (Fsp3) is 0.750. The number of aliphatic imine (C=N–C) groups is 1. The van der Waals surface area contributed by atoms with E-state index in [-0.39, 0.29) is 11.2 Å². The summed E-state index contributed by atoms with van der Waals surface area (Å²) in [5.74, 6) is 1.93. The molecule has 1 saturated carbocycles. The largest absolute Gasteiger partial charge is 0.359 e. The first-order chi connectivity index (χ1) is 11.2. The minimum atomic E-state index is -2.96. The van der Waals surface area contributed by atoms with Crippen LogP contribution in [0.2, 0.25) is 0 Å². The SMILES string of the molecule is CCNC(=NCc1cc(C(C)C)no1)NCC1(CS(C)(=O)=O)CC1. The van der Waals surface area contributed by atoms with E-state index in [2.05, 4.69) is 34.6 Å². The van der Waals surface area contributed by atoms with E-state index < -0.39 is 9.84 Å². The van der Waals surface area contributed by atoms with Crippen LogP contribution in [0, 0.1) is 5.41 Å². The van der Waals surface area contributed by atoms with Crippen LogP contribution < -0.4 is 10.6 Å². The van der Waals surface area contributed by atoms with Gasteiger partial charge in [0.15, 0.2) is 11.7 Å². The van der Waals surface area contributed by atoms with Gasteiger partial charge in [-0.1, -0.05) is 19.0 Å². The van der Waals surface area contributed by atoms with Crippen molar-refractivity contribution >= 4 is 15.8 Å². The lowest BCUT2D eigenvalue weighted by atomic mass is 10.1. The van der Waals surface area contributed by atoms with Crippen molar-refractivity contribution in [3.8, 4) is 0 Å². The molecule has 0 radical (unpaired) electrons. The van der Waals surface area contributed by atoms with Gasteiger partial charge in [-0.25, -0.2) is 13.4 Å². The first-order valence-electron chi connectivity index (χ1n) is 8.38. The highest BCUT2D eigenvalue weighted by Crippen LogP contribution is 2.45. The maximum absolute atomic E-state index is 11.5. The summed E-state index contributed by atoms with van der Waals surface area (Å²) >= 11 is 0. The van der Waals surface area contributed by atoms with Gasteiger partial charge in [-0.05, 0) is 25.7 Å². The lowest BCUT2D eigenvalue weighted by Crippen LogP contribution is -2.41. The maximum Gasteiger partial charge on any atom is 0.191 e. The fourth-order valence-electron chi connectivity index (χ4n) is 2.55. The highest BCUT2D eigenvalue weighted by molar-refractivity contribution is 7.90. The number of nitrogens with one attached hydrogen (secondary N) is 2. The van der Waals surface area contributed by atoms with Crippen molar-refractivity contribution in [2.24, 2.45) is 10.4 Å². The molecule has 2 rings (SSSR count). The van der Waals surface area contributed by atoms with Crippen LogP contribution in [0.15, 0.2) is 15.6 Å². The normalized spacial score (nSPS) is 17.1. The number of rotatable bonds is 8. The first kappa shape index (κ1) is 18.8. The molecule has 1 aromatic heterocycles. The van der Waals surface area contributed by atoms with E-state index in [0.717, 1.165) is 25.1 Å². The summed E-state index contributed by atoms with van der Waals surface area (Å²) in [7, 11) is -2.96. The van der Waals surface area contributed by atoms with Crippen LogP contribution in [0.5, 0.6) is 0 Å². The van der Waals surface area contributed by atoms with E-state index in [9.17, 15) is 8.42 Å². The Hall–Kier alpha value is -1.57. The van der Waals surface area contributed by atoms with E-state index in [1.807, 2.05) is 13.0 Å². The van der Waals surface area contributed by atoms with E-state index in [0.29, 0.717) is 30.7 Å². The number of sulfone groups is 1. The molecule has 2 N–H and O–H groups in total. The zero-order chi connectivity index (χ0) is 17.8. The summed E-state index contributed by atoms with van der Waals surface area (Å²) < 4.78 is 28.4. The summed E-state index contributed by atoms with van der Waals surface area (Å²) in [4.78, 5) is 4.49. The Morgan fingerprint density at radius 2 is 2.12 bits per heavy atom. The molecular formula is C16H28N4O3S. The highest BCUT2D eigenvalue weighted by Gasteiger charge is 2.45. The molecule has 136 valence electrons. The molecule has 0 saturated heterocycles. The van der Waals surface area contributed by atoms with Gasteiger partial charge in [-0.15, -0.1) is 0 Å². The number of hydrogen-bond acceptors (Lipinski definition) is 5. The minimum Gasteiger partial charge on any atom is -0.359 e. The molecule has 7 nitrogen and oxygen atoms in total. The fourth-order valence-corrected chi connectivity index (χ4v) is 4.05. The molecule has 8 heteroatoms. The van der Waals surface area contributed by atoms with Gasteiger partial charge < -0.3 is 15.2 Å². The molecule has 0 atom stereocenters. The standard InChI is InChI=1S/C16H28N4O3S/c1-5-17-15(18-9-13-8-14(12(2)3)20-23-13)19-10-16(6-7-16)11-24(4,21)22/h8,12H,5-7,9-11H2,1-4H3,(H2,17,18,19). The predicted molar refractivity (Wildman–Crippen MR) is 94.8 cm³/mol. The zero-order valence-corrected chi connectivity index (χ0v) is 15.7. The van der Waals surface area contributed by atoms with Crippen LogP contribution in [0.3, 0.4) is 0 Å². The van der Waals surface area contributed by atoms with Crippen LogP contribution in [0.25, 0.3) is 0 Å². The highest BCUT2D eigenvalue weighted by atomic mass is 32.2. The minimum absolute atomic E-state index is 0.138. The molecule has 1 aliphatic rings. The van der Waals surface area contributed by atoms with Crippen molar-refractivity contribution in [1.82, 2.24) is 15.8 Å². The van der Waals surface area contributed by atoms with Gasteiger partial charge in [0.05, 0.1) is 11.4 Å². The summed E-state index contributed by atoms with van der Waals surface area (Å²) in [6.07, 6.45) is 3.17. The average molecular weight is 356 g/mol. The summed E-state index contributed by atoms with van der Waals surface area (Å²) in [5.41, 5.74) is 0.782. The molecule has 0 aromatic carbocycles. The third-order valence-electron chi connectivity index (χ3n) is 4.06. The Balaban J connectivity index is 1.93. The van der Waals surface area contributed by atoms with Gasteiger partial charge in [-0.2, -0.15) is 0 Å². The van der Waals surface area contributed by atoms with Crippen molar-refractivity contribution < 1.29 is 12.9 Å². The van der Waals surface area contributed by atoms with E-state index >= 15 is 0 Å². The third kappa shape index (κ3) is 5.81. The van der Waals surface area contributed by atoms with Crippen molar-refractivity contribution in [1.29, 1.82) is 0 Å². The molecule has 24 heavy (non-hydrogen) atoms. The van der Waals surface area contributed by atoms with E-state index in [1.165, 1.54) is 6.26 Å². The summed E-state index contributed by atoms with van der Waals surface area (Å²) in [6.45, 7) is 7.86. The van der Waals surface area contributed by atoms with Crippen LogP contribution in [-0.4, -0.2) is 44.6 Å². The van der Waals surface area contributed by atoms with Crippen LogP contribution in [0.4, 0.5) is 0 Å². The summed E-state index contributed by atoms with van der Waals surface area (Å²) in [5, 5.41) is 10.5. The molecule has 0 unspecified atom stereocenters. The van der Waals surface area contributed by atoms with E-state index in [1.54, 1.807) is 0 Å². The Morgan fingerprint density at radius 3 is 2.62 bits per heavy atom. The smallest absolute Gasteiger partial charge is 0.191 e. The Morgan fingerprint density at radius 1 is 1.42 bits per heavy atom. The van der Waals surface area contributed by atoms with E-state index in [4.69, 9.17) is 4.52 Å². The molecule has 1 heterocycles. The van der Waals surface area contributed by atoms with Gasteiger partial charge in [-0.3, -0.25) is 0 Å². The van der Waals surface area contributed by atoms with Crippen LogP contribution in [0.1, 0.15) is 51.0 Å². The number of nitrogens with zero attached hydrogens (tertiary/aromatic N) is 2. The monoisotopic (exact) mass is 356 g/mol. The van der Waals surface area contributed by atoms with Crippen molar-refractivity contribution in [2.75, 3.05) is 25.1 Å². The van der Waals surface area contributed by atoms with Gasteiger partial charge in [0.25, 0.3) is 0 Å². The van der Waals surface area contributed by atoms with Crippen LogP contribution >= 0.6 is 0 Å². The number of aromatic nitrogens is 1. The number of hydrogen-bond donors (Lipinski definition) is 2. The predicted octanol–water partition coefficient (Wildman–Crippen LogP) is 1.68. The average Bonchev–Trinajstić information content (AvgIpc) is 3.05. The van der Waals surface area contributed by atoms with Gasteiger partial charge in [0.1, 0.15) is 16.4 Å². The summed E-state index contributed by atoms with van der Waals surface area (Å²) in [6, 6.07) is 1.92. The van der Waals surface area contributed by atoms with Crippen LogP contribution in [-0.2, 0) is 16.4 Å². The molecule has 0 amide bonds. The Kier molecular flexibility index (Phi) is 5.90. The Bertz CT molecular complexity index is 675. The van der Waals surface area contributed by atoms with Gasteiger partial charge in [0, 0.05) is 30.8 Å². The molecule has 0 spiro atoms. The van der Waals surface area contributed by atoms with Crippen molar-refractivity contribution in [3.05, 3.63) is 17.5 Å². The molecule has 1 fully saturated rings. The molecular weight excluding hydrogens is 328 g/mol. The van der Waals surface area contributed by atoms with Crippen molar-refractivity contribution in [3.63, 3.8) is 0 Å². The van der Waals surface area contributed by atoms with Crippen molar-refractivity contribution in [2.45, 2.75) is 46.1 Å². The second-order valence-corrected chi connectivity index (χ2v) is 9.13. The Labute approximate surface area is 144 Å². The maximum atomic E-state index is 11.5. The lowest BCUT2D eigenvalue weighted by Gasteiger charge is -2.17. The quantitative estimate of drug-likeness (QED) is 0.543. The molecule has 1 aliphatic carbocycles. The topological polar surface area (TPSA) is 96.6 Å². The second kappa shape index (κ2) is 7.55. The zero-order valence-electron chi connectivity index (χ0n) is 14.9. The van der Waals surface area contributed by atoms with Gasteiger partial charge >= 0.3 is 0 Å². The molecule has 0 aliphatic heterocycles. The third-order valence-corrected chi connectivity index (χ3v) is 5.20.